The van der Waals surface area contributed by atoms with Crippen LogP contribution in [-0.2, 0) is 14.3 Å². The van der Waals surface area contributed by atoms with Crippen molar-refractivity contribution < 1.29 is 37.4 Å². The molecule has 3 aliphatic rings. The average molecular weight is 626 g/mol. The Labute approximate surface area is 256 Å². The lowest BCUT2D eigenvalue weighted by molar-refractivity contribution is -0.120. The number of nitrogens with two attached hydrogens (primary N) is 1. The number of pyridine rings is 1. The van der Waals surface area contributed by atoms with E-state index >= 15 is 8.78 Å². The Hall–Kier alpha value is -4.72. The molecule has 0 radical (unpaired) electrons. The van der Waals surface area contributed by atoms with Crippen LogP contribution in [0.25, 0.3) is 10.9 Å². The number of hydrogen-bond donors (Lipinski definition) is 1. The number of aromatic nitrogens is 1. The number of hydrogen-bond acceptors (Lipinski definition) is 10. The highest BCUT2D eigenvalue weighted by Gasteiger charge is 2.38. The number of benzene rings is 2. The zero-order valence-corrected chi connectivity index (χ0v) is 25.0. The standard InChI is InChI=1S/C31H33F2N5O7/c1-4-43-30(41)20-13-37-16(2)15-44-29-26(37)19(28(20)40)12-22(33)27(29)36-9-7-35(8-10-36)23-6-5-18(11-21(23)32)38-14-24(45-31(38)42)25(34)17(3)39/h5-6,11-13,16,24-25H,4,7-10,14-15,34H2,1-3H3/t16?,24?,25-/m1/s1. The Kier molecular flexibility index (Phi) is 7.85. The highest BCUT2D eigenvalue weighted by Crippen LogP contribution is 2.42. The van der Waals surface area contributed by atoms with Crippen LogP contribution < -0.4 is 30.6 Å². The van der Waals surface area contributed by atoms with Crippen molar-refractivity contribution in [1.29, 1.82) is 0 Å². The number of amides is 1. The van der Waals surface area contributed by atoms with E-state index in [1.165, 1.54) is 24.1 Å². The Morgan fingerprint density at radius 3 is 2.47 bits per heavy atom. The first kappa shape index (κ1) is 30.3. The van der Waals surface area contributed by atoms with E-state index in [-0.39, 0.29) is 59.7 Å². The second-order valence-electron chi connectivity index (χ2n) is 11.4. The number of cyclic esters (lactones) is 1. The molecule has 6 rings (SSSR count). The lowest BCUT2D eigenvalue weighted by Gasteiger charge is -2.39. The molecule has 0 saturated carbocycles. The van der Waals surface area contributed by atoms with Crippen molar-refractivity contribution in [1.82, 2.24) is 4.57 Å². The lowest BCUT2D eigenvalue weighted by Crippen LogP contribution is -2.47. The number of anilines is 3. The van der Waals surface area contributed by atoms with Gasteiger partial charge in [-0.25, -0.2) is 18.4 Å². The normalized spacial score (nSPS) is 20.2. The highest BCUT2D eigenvalue weighted by molar-refractivity contribution is 5.98. The van der Waals surface area contributed by atoms with Gasteiger partial charge in [0, 0.05) is 32.4 Å². The van der Waals surface area contributed by atoms with Crippen LogP contribution in [0, 0.1) is 11.6 Å². The molecule has 1 amide bonds. The van der Waals surface area contributed by atoms with E-state index in [1.807, 2.05) is 11.8 Å². The molecule has 2 unspecified atom stereocenters. The van der Waals surface area contributed by atoms with E-state index in [4.69, 9.17) is 19.9 Å². The first-order valence-electron chi connectivity index (χ1n) is 14.7. The van der Waals surface area contributed by atoms with Gasteiger partial charge in [0.25, 0.3) is 0 Å². The van der Waals surface area contributed by atoms with Gasteiger partial charge >= 0.3 is 12.1 Å². The van der Waals surface area contributed by atoms with Gasteiger partial charge in [-0.15, -0.1) is 0 Å². The van der Waals surface area contributed by atoms with Crippen LogP contribution in [0.4, 0.5) is 30.6 Å². The van der Waals surface area contributed by atoms with Crippen molar-refractivity contribution in [3.8, 4) is 5.75 Å². The molecule has 2 saturated heterocycles. The Morgan fingerprint density at radius 1 is 1.09 bits per heavy atom. The minimum Gasteiger partial charge on any atom is -0.487 e. The molecule has 0 bridgehead atoms. The maximum absolute atomic E-state index is 15.8. The summed E-state index contributed by atoms with van der Waals surface area (Å²) in [6.07, 6.45) is -0.0866. The predicted octanol–water partition coefficient (Wildman–Crippen LogP) is 2.98. The molecule has 3 aliphatic heterocycles. The molecular formula is C31H33F2N5O7. The van der Waals surface area contributed by atoms with Gasteiger partial charge in [-0.2, -0.15) is 0 Å². The molecule has 12 nitrogen and oxygen atoms in total. The van der Waals surface area contributed by atoms with Gasteiger partial charge in [-0.3, -0.25) is 14.5 Å². The fourth-order valence-corrected chi connectivity index (χ4v) is 6.10. The Morgan fingerprint density at radius 2 is 1.80 bits per heavy atom. The lowest BCUT2D eigenvalue weighted by atomic mass is 10.1. The number of ether oxygens (including phenoxy) is 3. The van der Waals surface area contributed by atoms with Gasteiger partial charge < -0.3 is 34.3 Å². The summed E-state index contributed by atoms with van der Waals surface area (Å²) in [7, 11) is 0. The fraction of sp³-hybridized carbons (Fsp3) is 0.419. The number of piperazine rings is 1. The second kappa shape index (κ2) is 11.7. The van der Waals surface area contributed by atoms with Crippen LogP contribution in [0.1, 0.15) is 37.2 Å². The summed E-state index contributed by atoms with van der Waals surface area (Å²) < 4.78 is 49.2. The van der Waals surface area contributed by atoms with Crippen LogP contribution in [0.2, 0.25) is 0 Å². The fourth-order valence-electron chi connectivity index (χ4n) is 6.10. The summed E-state index contributed by atoms with van der Waals surface area (Å²) in [5.74, 6) is -2.09. The van der Waals surface area contributed by atoms with Gasteiger partial charge in [0.05, 0.1) is 41.5 Å². The van der Waals surface area contributed by atoms with Crippen LogP contribution in [0.5, 0.6) is 5.75 Å². The van der Waals surface area contributed by atoms with E-state index in [0.29, 0.717) is 37.4 Å². The maximum Gasteiger partial charge on any atom is 0.414 e. The molecule has 0 spiro atoms. The van der Waals surface area contributed by atoms with Crippen molar-refractivity contribution in [3.05, 3.63) is 57.9 Å². The molecule has 14 heteroatoms. The molecule has 2 N–H and O–H groups in total. The third-order valence-corrected chi connectivity index (χ3v) is 8.52. The summed E-state index contributed by atoms with van der Waals surface area (Å²) in [4.78, 5) is 54.6. The van der Waals surface area contributed by atoms with Crippen molar-refractivity contribution in [2.75, 3.05) is 60.6 Å². The molecule has 4 heterocycles. The third kappa shape index (κ3) is 5.22. The van der Waals surface area contributed by atoms with E-state index in [2.05, 4.69) is 0 Å². The largest absolute Gasteiger partial charge is 0.487 e. The van der Waals surface area contributed by atoms with Gasteiger partial charge in [0.2, 0.25) is 5.43 Å². The summed E-state index contributed by atoms with van der Waals surface area (Å²) in [6.45, 7) is 6.48. The molecule has 1 aromatic heterocycles. The summed E-state index contributed by atoms with van der Waals surface area (Å²) in [5.41, 5.74) is 6.23. The van der Waals surface area contributed by atoms with Gasteiger partial charge in [-0.1, -0.05) is 0 Å². The Balaban J connectivity index is 1.23. The van der Waals surface area contributed by atoms with Gasteiger partial charge in [-0.05, 0) is 45.0 Å². The zero-order chi connectivity index (χ0) is 32.2. The summed E-state index contributed by atoms with van der Waals surface area (Å²) in [5, 5.41) is 0.0284. The molecule has 3 atom stereocenters. The number of esters is 1. The van der Waals surface area contributed by atoms with E-state index < -0.39 is 41.3 Å². The minimum atomic E-state index is -0.968. The van der Waals surface area contributed by atoms with Gasteiger partial charge in [0.1, 0.15) is 41.6 Å². The van der Waals surface area contributed by atoms with Crippen molar-refractivity contribution in [3.63, 3.8) is 0 Å². The summed E-state index contributed by atoms with van der Waals surface area (Å²) >= 11 is 0. The van der Waals surface area contributed by atoms with Crippen LogP contribution in [0.3, 0.4) is 0 Å². The minimum absolute atomic E-state index is 0.0233. The van der Waals surface area contributed by atoms with Crippen molar-refractivity contribution in [2.45, 2.75) is 39.0 Å². The molecule has 2 aromatic carbocycles. The zero-order valence-electron chi connectivity index (χ0n) is 25.0. The Bertz CT molecular complexity index is 1770. The number of ketones is 1. The van der Waals surface area contributed by atoms with Crippen LogP contribution in [0.15, 0.2) is 35.3 Å². The number of nitrogens with zero attached hydrogens (tertiary/aromatic N) is 4. The predicted molar refractivity (Wildman–Crippen MR) is 161 cm³/mol. The van der Waals surface area contributed by atoms with E-state index in [1.54, 1.807) is 28.5 Å². The quantitative estimate of drug-likeness (QED) is 0.390. The van der Waals surface area contributed by atoms with Crippen molar-refractivity contribution in [2.24, 2.45) is 5.73 Å². The monoisotopic (exact) mass is 625 g/mol. The third-order valence-electron chi connectivity index (χ3n) is 8.52. The number of rotatable bonds is 7. The van der Waals surface area contributed by atoms with E-state index in [0.717, 1.165) is 6.07 Å². The summed E-state index contributed by atoms with van der Waals surface area (Å²) in [6, 6.07) is 4.34. The first-order chi connectivity index (χ1) is 21.5. The number of halogens is 2. The van der Waals surface area contributed by atoms with Crippen LogP contribution >= 0.6 is 0 Å². The SMILES string of the molecule is CCOC(=O)c1cn2c3c(c(N4CCN(c5ccc(N6CC([C@H](N)C(C)=O)OC6=O)cc5F)CC4)c(F)cc3c1=O)OCC2C. The molecule has 2 fully saturated rings. The molecular weight excluding hydrogens is 592 g/mol. The molecule has 0 aliphatic carbocycles. The topological polar surface area (TPSA) is 137 Å². The highest BCUT2D eigenvalue weighted by atomic mass is 19.1. The first-order valence-corrected chi connectivity index (χ1v) is 14.7. The molecule has 45 heavy (non-hydrogen) atoms. The smallest absolute Gasteiger partial charge is 0.414 e. The number of Topliss-reactive ketones (excluding diaryl/α,β-unsaturated/α-hetero) is 1. The second-order valence-corrected chi connectivity index (χ2v) is 11.4. The number of carbonyl (C=O) groups excluding carboxylic acids is 3. The van der Waals surface area contributed by atoms with Gasteiger partial charge in [0.15, 0.2) is 11.6 Å². The molecule has 3 aromatic rings. The van der Waals surface area contributed by atoms with Crippen molar-refractivity contribution >= 4 is 45.8 Å². The van der Waals surface area contributed by atoms with Crippen LogP contribution in [-0.4, -0.2) is 80.5 Å². The molecule has 238 valence electrons. The average Bonchev–Trinajstić information content (AvgIpc) is 3.40. The number of carbonyl (C=O) groups is 3. The van der Waals surface area contributed by atoms with E-state index in [9.17, 15) is 19.2 Å². The maximum atomic E-state index is 15.8.